The van der Waals surface area contributed by atoms with E-state index in [1.165, 1.54) is 5.56 Å². The third-order valence-electron chi connectivity index (χ3n) is 3.04. The summed E-state index contributed by atoms with van der Waals surface area (Å²) in [6.45, 7) is 12.4. The van der Waals surface area contributed by atoms with E-state index < -0.39 is 0 Å². The molecular formula is C16H27N3O. The van der Waals surface area contributed by atoms with Gasteiger partial charge in [0.15, 0.2) is 0 Å². The molecule has 0 atom stereocenters. The predicted molar refractivity (Wildman–Crippen MR) is 85.1 cm³/mol. The third kappa shape index (κ3) is 5.31. The highest BCUT2D eigenvalue weighted by Gasteiger charge is 2.09. The second kappa shape index (κ2) is 8.72. The number of pyridine rings is 1. The van der Waals surface area contributed by atoms with Gasteiger partial charge in [-0.2, -0.15) is 0 Å². The van der Waals surface area contributed by atoms with Crippen molar-refractivity contribution >= 4 is 5.82 Å². The number of nitrogens with one attached hydrogen (secondary N) is 1. The molecule has 1 aromatic rings. The third-order valence-corrected chi connectivity index (χ3v) is 3.04. The maximum atomic E-state index is 9.18. The number of nitrogens with zero attached hydrogens (tertiary/aromatic N) is 2. The van der Waals surface area contributed by atoms with E-state index in [2.05, 4.69) is 49.8 Å². The molecule has 20 heavy (non-hydrogen) atoms. The van der Waals surface area contributed by atoms with E-state index in [0.29, 0.717) is 19.1 Å². The number of anilines is 1. The van der Waals surface area contributed by atoms with E-state index >= 15 is 0 Å². The summed E-state index contributed by atoms with van der Waals surface area (Å²) >= 11 is 0. The lowest BCUT2D eigenvalue weighted by Gasteiger charge is -2.22. The minimum Gasteiger partial charge on any atom is -0.395 e. The highest BCUT2D eigenvalue weighted by atomic mass is 16.3. The van der Waals surface area contributed by atoms with E-state index in [1.54, 1.807) is 0 Å². The molecule has 0 radical (unpaired) electrons. The molecule has 0 aliphatic carbocycles. The molecule has 0 saturated carbocycles. The number of hydrogen-bond donors (Lipinski definition) is 2. The van der Waals surface area contributed by atoms with E-state index in [4.69, 9.17) is 0 Å². The quantitative estimate of drug-likeness (QED) is 0.679. The minimum atomic E-state index is 0.117. The Bertz CT molecular complexity index is 418. The highest BCUT2D eigenvalue weighted by molar-refractivity contribution is 5.43. The van der Waals surface area contributed by atoms with E-state index in [-0.39, 0.29) is 6.61 Å². The first-order valence-corrected chi connectivity index (χ1v) is 7.30. The van der Waals surface area contributed by atoms with Crippen LogP contribution >= 0.6 is 0 Å². The maximum absolute atomic E-state index is 9.18. The van der Waals surface area contributed by atoms with Crippen LogP contribution < -0.4 is 10.2 Å². The van der Waals surface area contributed by atoms with Gasteiger partial charge in [-0.15, -0.1) is 6.58 Å². The minimum absolute atomic E-state index is 0.117. The van der Waals surface area contributed by atoms with Gasteiger partial charge in [0.25, 0.3) is 0 Å². The van der Waals surface area contributed by atoms with Gasteiger partial charge in [0.2, 0.25) is 0 Å². The lowest BCUT2D eigenvalue weighted by atomic mass is 10.1. The summed E-state index contributed by atoms with van der Waals surface area (Å²) in [7, 11) is 0. The van der Waals surface area contributed by atoms with Crippen molar-refractivity contribution in [3.8, 4) is 0 Å². The zero-order valence-corrected chi connectivity index (χ0v) is 12.9. The number of aliphatic hydroxyl groups is 1. The van der Waals surface area contributed by atoms with Crippen LogP contribution in [0.1, 0.15) is 32.0 Å². The smallest absolute Gasteiger partial charge is 0.129 e. The van der Waals surface area contributed by atoms with Crippen LogP contribution in [-0.2, 0) is 13.0 Å². The Hall–Kier alpha value is -1.39. The highest BCUT2D eigenvalue weighted by Crippen LogP contribution is 2.16. The molecule has 1 rings (SSSR count). The summed E-state index contributed by atoms with van der Waals surface area (Å²) < 4.78 is 0. The van der Waals surface area contributed by atoms with Crippen LogP contribution in [-0.4, -0.2) is 35.8 Å². The molecule has 0 aromatic carbocycles. The van der Waals surface area contributed by atoms with Crippen molar-refractivity contribution in [3.63, 3.8) is 0 Å². The Balaban J connectivity index is 2.97. The number of aliphatic hydroxyl groups excluding tert-OH is 1. The zero-order chi connectivity index (χ0) is 15.0. The first kappa shape index (κ1) is 16.7. The molecule has 112 valence electrons. The van der Waals surface area contributed by atoms with Gasteiger partial charge in [0.1, 0.15) is 5.82 Å². The van der Waals surface area contributed by atoms with Crippen molar-refractivity contribution in [3.05, 3.63) is 36.0 Å². The summed E-state index contributed by atoms with van der Waals surface area (Å²) in [6.07, 6.45) is 2.74. The summed E-state index contributed by atoms with van der Waals surface area (Å²) in [6, 6.07) is 4.69. The van der Waals surface area contributed by atoms with Crippen molar-refractivity contribution < 1.29 is 5.11 Å². The normalized spacial score (nSPS) is 10.8. The molecule has 0 amide bonds. The average Bonchev–Trinajstić information content (AvgIpc) is 2.44. The van der Waals surface area contributed by atoms with Gasteiger partial charge < -0.3 is 15.3 Å². The van der Waals surface area contributed by atoms with Gasteiger partial charge in [-0.25, -0.2) is 4.98 Å². The summed E-state index contributed by atoms with van der Waals surface area (Å²) in [5, 5.41) is 12.6. The second-order valence-corrected chi connectivity index (χ2v) is 5.17. The molecule has 1 heterocycles. The van der Waals surface area contributed by atoms with E-state index in [9.17, 15) is 5.11 Å². The standard InChI is InChI=1S/C16H27N3O/c1-5-7-19(8-9-20)16-11-14(12-17-13(3)4)10-15(6-2)18-16/h5,10-11,13,17,20H,1,6-9,12H2,2-4H3. The first-order valence-electron chi connectivity index (χ1n) is 7.30. The lowest BCUT2D eigenvalue weighted by Crippen LogP contribution is -2.28. The first-order chi connectivity index (χ1) is 9.60. The molecule has 0 bridgehead atoms. The van der Waals surface area contributed by atoms with Crippen molar-refractivity contribution in [1.29, 1.82) is 0 Å². The van der Waals surface area contributed by atoms with Gasteiger partial charge in [0, 0.05) is 31.4 Å². The molecule has 0 saturated heterocycles. The fourth-order valence-corrected chi connectivity index (χ4v) is 1.98. The molecule has 1 aromatic heterocycles. The van der Waals surface area contributed by atoms with Crippen molar-refractivity contribution in [2.45, 2.75) is 39.8 Å². The predicted octanol–water partition coefficient (Wildman–Crippen LogP) is 2.13. The zero-order valence-electron chi connectivity index (χ0n) is 12.9. The van der Waals surface area contributed by atoms with Gasteiger partial charge in [-0.1, -0.05) is 26.8 Å². The Morgan fingerprint density at radius 3 is 2.75 bits per heavy atom. The van der Waals surface area contributed by atoms with Crippen LogP contribution in [0.25, 0.3) is 0 Å². The molecule has 0 spiro atoms. The van der Waals surface area contributed by atoms with Gasteiger partial charge in [0.05, 0.1) is 6.61 Å². The molecule has 0 fully saturated rings. The van der Waals surface area contributed by atoms with Gasteiger partial charge in [-0.05, 0) is 24.1 Å². The molecule has 4 nitrogen and oxygen atoms in total. The van der Waals surface area contributed by atoms with Crippen molar-refractivity contribution in [1.82, 2.24) is 10.3 Å². The van der Waals surface area contributed by atoms with Crippen LogP contribution in [0.15, 0.2) is 24.8 Å². The topological polar surface area (TPSA) is 48.4 Å². The fourth-order valence-electron chi connectivity index (χ4n) is 1.98. The Labute approximate surface area is 122 Å². The summed E-state index contributed by atoms with van der Waals surface area (Å²) in [5.41, 5.74) is 2.31. The van der Waals surface area contributed by atoms with Gasteiger partial charge >= 0.3 is 0 Å². The maximum Gasteiger partial charge on any atom is 0.129 e. The molecule has 0 aliphatic heterocycles. The SMILES string of the molecule is C=CCN(CCO)c1cc(CNC(C)C)cc(CC)n1. The number of aromatic nitrogens is 1. The van der Waals surface area contributed by atoms with Gasteiger partial charge in [-0.3, -0.25) is 0 Å². The Morgan fingerprint density at radius 1 is 1.45 bits per heavy atom. The fraction of sp³-hybridized carbons (Fsp3) is 0.562. The molecule has 4 heteroatoms. The molecule has 0 unspecified atom stereocenters. The molecular weight excluding hydrogens is 250 g/mol. The van der Waals surface area contributed by atoms with Crippen molar-refractivity contribution in [2.75, 3.05) is 24.6 Å². The molecule has 2 N–H and O–H groups in total. The number of aryl methyl sites for hydroxylation is 1. The van der Waals surface area contributed by atoms with Crippen LogP contribution in [0.5, 0.6) is 0 Å². The van der Waals surface area contributed by atoms with Crippen LogP contribution in [0.4, 0.5) is 5.82 Å². The Kier molecular flexibility index (Phi) is 7.26. The second-order valence-electron chi connectivity index (χ2n) is 5.17. The largest absolute Gasteiger partial charge is 0.395 e. The summed E-state index contributed by atoms with van der Waals surface area (Å²) in [5.74, 6) is 0.916. The van der Waals surface area contributed by atoms with Crippen LogP contribution in [0.3, 0.4) is 0 Å². The van der Waals surface area contributed by atoms with E-state index in [0.717, 1.165) is 24.5 Å². The number of rotatable bonds is 9. The monoisotopic (exact) mass is 277 g/mol. The average molecular weight is 277 g/mol. The molecule has 0 aliphatic rings. The van der Waals surface area contributed by atoms with E-state index in [1.807, 2.05) is 11.0 Å². The number of hydrogen-bond acceptors (Lipinski definition) is 4. The van der Waals surface area contributed by atoms with Crippen LogP contribution in [0, 0.1) is 0 Å². The summed E-state index contributed by atoms with van der Waals surface area (Å²) in [4.78, 5) is 6.70. The lowest BCUT2D eigenvalue weighted by molar-refractivity contribution is 0.302. The van der Waals surface area contributed by atoms with Crippen LogP contribution in [0.2, 0.25) is 0 Å². The Morgan fingerprint density at radius 2 is 2.20 bits per heavy atom. The van der Waals surface area contributed by atoms with Crippen molar-refractivity contribution in [2.24, 2.45) is 0 Å².